The number of carboxylic acids is 1. The van der Waals surface area contributed by atoms with Crippen LogP contribution >= 0.6 is 11.8 Å². The summed E-state index contributed by atoms with van der Waals surface area (Å²) < 4.78 is 18.6. The summed E-state index contributed by atoms with van der Waals surface area (Å²) in [6.45, 7) is 2.22. The van der Waals surface area contributed by atoms with Crippen LogP contribution in [0, 0.1) is 5.82 Å². The number of nitrogens with zero attached hydrogens (tertiary/aromatic N) is 2. The number of ether oxygens (including phenoxy) is 1. The second-order valence-corrected chi connectivity index (χ2v) is 5.65. The molecule has 0 saturated carbocycles. The molecule has 122 valence electrons. The number of halogens is 1. The first-order valence-electron chi connectivity index (χ1n) is 6.72. The molecule has 2 N–H and O–H groups in total. The SMILES string of the molecule is CCOc1ccc(F)cc1C=NN=C1NC(=O)C(CC(=O)O)S1. The van der Waals surface area contributed by atoms with Gasteiger partial charge in [0.15, 0.2) is 5.17 Å². The molecule has 7 nitrogen and oxygen atoms in total. The largest absolute Gasteiger partial charge is 0.493 e. The Hall–Kier alpha value is -2.42. The lowest BCUT2D eigenvalue weighted by atomic mass is 10.2. The minimum absolute atomic E-state index is 0.201. The van der Waals surface area contributed by atoms with Crippen LogP contribution in [0.15, 0.2) is 28.4 Å². The van der Waals surface area contributed by atoms with E-state index in [0.29, 0.717) is 17.9 Å². The van der Waals surface area contributed by atoms with Crippen molar-refractivity contribution in [1.29, 1.82) is 0 Å². The molecule has 1 unspecified atom stereocenters. The van der Waals surface area contributed by atoms with Crippen molar-refractivity contribution in [3.05, 3.63) is 29.6 Å². The summed E-state index contributed by atoms with van der Waals surface area (Å²) in [5.41, 5.74) is 0.410. The third-order valence-corrected chi connectivity index (χ3v) is 3.83. The van der Waals surface area contributed by atoms with Crippen LogP contribution in [-0.2, 0) is 9.59 Å². The number of benzene rings is 1. The molecular formula is C14H14FN3O4S. The molecule has 1 aliphatic heterocycles. The molecule has 1 heterocycles. The van der Waals surface area contributed by atoms with E-state index in [-0.39, 0.29) is 11.6 Å². The zero-order valence-corrected chi connectivity index (χ0v) is 13.0. The Bertz CT molecular complexity index is 678. The van der Waals surface area contributed by atoms with Crippen molar-refractivity contribution in [2.45, 2.75) is 18.6 Å². The molecule has 0 aliphatic carbocycles. The molecule has 1 saturated heterocycles. The van der Waals surface area contributed by atoms with Gasteiger partial charge in [0.1, 0.15) is 16.8 Å². The van der Waals surface area contributed by atoms with Gasteiger partial charge in [-0.2, -0.15) is 5.10 Å². The minimum Gasteiger partial charge on any atom is -0.493 e. The van der Waals surface area contributed by atoms with Crippen molar-refractivity contribution >= 4 is 35.0 Å². The molecule has 0 aromatic heterocycles. The summed E-state index contributed by atoms with van der Waals surface area (Å²) in [4.78, 5) is 22.2. The van der Waals surface area contributed by atoms with Gasteiger partial charge in [0.2, 0.25) is 5.91 Å². The quantitative estimate of drug-likeness (QED) is 0.606. The molecule has 1 fully saturated rings. The maximum Gasteiger partial charge on any atom is 0.305 e. The zero-order valence-electron chi connectivity index (χ0n) is 12.2. The molecule has 0 spiro atoms. The van der Waals surface area contributed by atoms with Crippen LogP contribution in [0.4, 0.5) is 4.39 Å². The number of rotatable bonds is 6. The van der Waals surface area contributed by atoms with Gasteiger partial charge in [-0.15, -0.1) is 5.10 Å². The van der Waals surface area contributed by atoms with Crippen molar-refractivity contribution in [2.24, 2.45) is 10.2 Å². The molecule has 23 heavy (non-hydrogen) atoms. The first-order valence-corrected chi connectivity index (χ1v) is 7.60. The molecule has 2 rings (SSSR count). The summed E-state index contributed by atoms with van der Waals surface area (Å²) >= 11 is 0.989. The molecule has 1 aromatic carbocycles. The predicted octanol–water partition coefficient (Wildman–Crippen LogP) is 1.62. The van der Waals surface area contributed by atoms with Gasteiger partial charge in [-0.3, -0.25) is 9.59 Å². The van der Waals surface area contributed by atoms with Crippen LogP contribution in [-0.4, -0.2) is 40.2 Å². The highest BCUT2D eigenvalue weighted by molar-refractivity contribution is 8.15. The maximum atomic E-state index is 13.3. The number of hydrogen-bond acceptors (Lipinski definition) is 6. The minimum atomic E-state index is -1.07. The predicted molar refractivity (Wildman–Crippen MR) is 84.4 cm³/mol. The van der Waals surface area contributed by atoms with Crippen molar-refractivity contribution < 1.29 is 23.8 Å². The van der Waals surface area contributed by atoms with Crippen LogP contribution in [0.3, 0.4) is 0 Å². The van der Waals surface area contributed by atoms with Gasteiger partial charge in [-0.05, 0) is 25.1 Å². The number of amides is 1. The lowest BCUT2D eigenvalue weighted by Gasteiger charge is -2.05. The number of carbonyl (C=O) groups excluding carboxylic acids is 1. The molecule has 1 aliphatic rings. The third-order valence-electron chi connectivity index (χ3n) is 2.75. The van der Waals surface area contributed by atoms with Crippen molar-refractivity contribution in [2.75, 3.05) is 6.61 Å². The first-order chi connectivity index (χ1) is 11.0. The van der Waals surface area contributed by atoms with Crippen molar-refractivity contribution in [3.63, 3.8) is 0 Å². The monoisotopic (exact) mass is 339 g/mol. The summed E-state index contributed by atoms with van der Waals surface area (Å²) in [5.74, 6) is -1.46. The highest BCUT2D eigenvalue weighted by atomic mass is 32.2. The van der Waals surface area contributed by atoms with E-state index in [2.05, 4.69) is 15.5 Å². The Morgan fingerprint density at radius 1 is 1.57 bits per heavy atom. The Kier molecular flexibility index (Phi) is 5.69. The summed E-state index contributed by atoms with van der Waals surface area (Å²) in [5, 5.41) is 18.2. The average molecular weight is 339 g/mol. The van der Waals surface area contributed by atoms with Gasteiger partial charge < -0.3 is 15.2 Å². The van der Waals surface area contributed by atoms with E-state index >= 15 is 0 Å². The summed E-state index contributed by atoms with van der Waals surface area (Å²) in [6.07, 6.45) is 1.01. The Morgan fingerprint density at radius 3 is 3.04 bits per heavy atom. The van der Waals surface area contributed by atoms with Crippen LogP contribution < -0.4 is 10.1 Å². The molecule has 1 amide bonds. The molecular weight excluding hydrogens is 325 g/mol. The Balaban J connectivity index is 2.08. The van der Waals surface area contributed by atoms with E-state index in [1.807, 2.05) is 0 Å². The lowest BCUT2D eigenvalue weighted by Crippen LogP contribution is -2.26. The van der Waals surface area contributed by atoms with E-state index in [1.165, 1.54) is 24.4 Å². The van der Waals surface area contributed by atoms with Crippen LogP contribution in [0.1, 0.15) is 18.9 Å². The van der Waals surface area contributed by atoms with E-state index < -0.39 is 22.9 Å². The highest BCUT2D eigenvalue weighted by Gasteiger charge is 2.32. The molecule has 0 bridgehead atoms. The number of aliphatic carboxylic acids is 1. The van der Waals surface area contributed by atoms with E-state index in [0.717, 1.165) is 11.8 Å². The summed E-state index contributed by atoms with van der Waals surface area (Å²) in [7, 11) is 0. The second-order valence-electron chi connectivity index (χ2n) is 4.46. The van der Waals surface area contributed by atoms with Gasteiger partial charge in [0.05, 0.1) is 19.2 Å². The zero-order chi connectivity index (χ0) is 16.8. The van der Waals surface area contributed by atoms with Gasteiger partial charge in [0, 0.05) is 5.56 Å². The number of thioether (sulfide) groups is 1. The van der Waals surface area contributed by atoms with E-state index in [1.54, 1.807) is 6.92 Å². The number of carbonyl (C=O) groups is 2. The molecule has 9 heteroatoms. The Morgan fingerprint density at radius 2 is 2.35 bits per heavy atom. The second kappa shape index (κ2) is 7.73. The number of hydrogen-bond donors (Lipinski definition) is 2. The fraction of sp³-hybridized carbons (Fsp3) is 0.286. The summed E-state index contributed by atoms with van der Waals surface area (Å²) in [6, 6.07) is 4.02. The van der Waals surface area contributed by atoms with Gasteiger partial charge in [-0.25, -0.2) is 4.39 Å². The van der Waals surface area contributed by atoms with E-state index in [4.69, 9.17) is 9.84 Å². The standard InChI is InChI=1S/C14H14FN3O4S/c1-2-22-10-4-3-9(15)5-8(10)7-16-18-14-17-13(21)11(23-14)6-12(19)20/h3-5,7,11H,2,6H2,1H3,(H,19,20)(H,17,18,21). The van der Waals surface area contributed by atoms with Gasteiger partial charge in [-0.1, -0.05) is 11.8 Å². The van der Waals surface area contributed by atoms with Crippen molar-refractivity contribution in [3.8, 4) is 5.75 Å². The van der Waals surface area contributed by atoms with Gasteiger partial charge >= 0.3 is 5.97 Å². The fourth-order valence-corrected chi connectivity index (χ4v) is 2.71. The molecule has 1 aromatic rings. The van der Waals surface area contributed by atoms with Gasteiger partial charge in [0.25, 0.3) is 0 Å². The normalized spacial score (nSPS) is 19.3. The van der Waals surface area contributed by atoms with Crippen LogP contribution in [0.25, 0.3) is 0 Å². The van der Waals surface area contributed by atoms with Crippen molar-refractivity contribution in [1.82, 2.24) is 5.32 Å². The Labute approximate surface area is 135 Å². The smallest absolute Gasteiger partial charge is 0.305 e. The van der Waals surface area contributed by atoms with E-state index in [9.17, 15) is 14.0 Å². The topological polar surface area (TPSA) is 100 Å². The number of amidine groups is 1. The number of nitrogens with one attached hydrogen (secondary N) is 1. The maximum absolute atomic E-state index is 13.3. The highest BCUT2D eigenvalue weighted by Crippen LogP contribution is 2.22. The van der Waals surface area contributed by atoms with Crippen LogP contribution in [0.5, 0.6) is 5.75 Å². The number of carboxylic acid groups (broad SMARTS) is 1. The average Bonchev–Trinajstić information content (AvgIpc) is 2.81. The third kappa shape index (κ3) is 4.78. The van der Waals surface area contributed by atoms with Crippen LogP contribution in [0.2, 0.25) is 0 Å². The first kappa shape index (κ1) is 16.9. The lowest BCUT2D eigenvalue weighted by molar-refractivity contribution is -0.138. The fourth-order valence-electron chi connectivity index (χ4n) is 1.80. The molecule has 1 atom stereocenters. The molecule has 0 radical (unpaired) electrons.